The normalized spacial score (nSPS) is 14.2. The Balaban J connectivity index is 1.61. The van der Waals surface area contributed by atoms with E-state index in [-0.39, 0.29) is 5.70 Å². The van der Waals surface area contributed by atoms with E-state index in [0.717, 1.165) is 26.7 Å². The number of rotatable bonds is 7. The van der Waals surface area contributed by atoms with Gasteiger partial charge in [0.05, 0.1) is 11.1 Å². The zero-order chi connectivity index (χ0) is 23.4. The van der Waals surface area contributed by atoms with Crippen LogP contribution in [0.2, 0.25) is 0 Å². The third-order valence-corrected chi connectivity index (χ3v) is 5.61. The van der Waals surface area contributed by atoms with Gasteiger partial charge in [-0.05, 0) is 78.2 Å². The molecule has 0 atom stereocenters. The number of carbonyl (C=O) groups is 1. The predicted molar refractivity (Wildman–Crippen MR) is 133 cm³/mol. The highest BCUT2D eigenvalue weighted by Gasteiger charge is 2.24. The standard InChI is InChI=1S/C27H24BrNO4/c1-4-31-24-15-20(13-22(28)25(24)32-16-19-7-5-6-18(3)12-19)14-23-27(30)33-26(29-23)21-10-8-17(2)9-11-21/h5-15H,4,16H2,1-3H3/b23-14-. The molecule has 0 unspecified atom stereocenters. The van der Waals surface area contributed by atoms with Crippen LogP contribution >= 0.6 is 15.9 Å². The van der Waals surface area contributed by atoms with Crippen LogP contribution < -0.4 is 9.47 Å². The molecule has 6 heteroatoms. The number of aliphatic imine (C=N–C) groups is 1. The van der Waals surface area contributed by atoms with Crippen LogP contribution in [0.4, 0.5) is 0 Å². The number of carbonyl (C=O) groups excluding carboxylic acids is 1. The number of hydrogen-bond donors (Lipinski definition) is 0. The number of halogens is 1. The fourth-order valence-electron chi connectivity index (χ4n) is 3.42. The number of benzene rings is 3. The highest BCUT2D eigenvalue weighted by Crippen LogP contribution is 2.38. The van der Waals surface area contributed by atoms with Gasteiger partial charge < -0.3 is 14.2 Å². The lowest BCUT2D eigenvalue weighted by atomic mass is 10.1. The summed E-state index contributed by atoms with van der Waals surface area (Å²) in [6, 6.07) is 19.5. The molecule has 3 aromatic carbocycles. The molecule has 168 valence electrons. The SMILES string of the molecule is CCOc1cc(/C=C2\N=C(c3ccc(C)cc3)OC2=O)cc(Br)c1OCc1cccc(C)c1. The van der Waals surface area contributed by atoms with Crippen molar-refractivity contribution in [3.63, 3.8) is 0 Å². The second-order valence-electron chi connectivity index (χ2n) is 7.74. The molecule has 0 amide bonds. The van der Waals surface area contributed by atoms with Crippen LogP contribution in [0.15, 0.2) is 75.8 Å². The predicted octanol–water partition coefficient (Wildman–Crippen LogP) is 6.39. The van der Waals surface area contributed by atoms with Crippen LogP contribution in [0.25, 0.3) is 6.08 Å². The molecule has 5 nitrogen and oxygen atoms in total. The van der Waals surface area contributed by atoms with Crippen LogP contribution in [0.5, 0.6) is 11.5 Å². The number of ether oxygens (including phenoxy) is 3. The average Bonchev–Trinajstić information content (AvgIpc) is 3.14. The zero-order valence-electron chi connectivity index (χ0n) is 18.7. The van der Waals surface area contributed by atoms with Crippen molar-refractivity contribution >= 4 is 33.9 Å². The Kier molecular flexibility index (Phi) is 6.94. The molecule has 4 rings (SSSR count). The summed E-state index contributed by atoms with van der Waals surface area (Å²) in [7, 11) is 0. The Morgan fingerprint density at radius 3 is 2.52 bits per heavy atom. The summed E-state index contributed by atoms with van der Waals surface area (Å²) in [5.74, 6) is 1.01. The minimum absolute atomic E-state index is 0.230. The minimum Gasteiger partial charge on any atom is -0.490 e. The summed E-state index contributed by atoms with van der Waals surface area (Å²) in [5, 5.41) is 0. The molecule has 0 radical (unpaired) electrons. The maximum Gasteiger partial charge on any atom is 0.363 e. The van der Waals surface area contributed by atoms with Gasteiger partial charge in [0.15, 0.2) is 17.2 Å². The minimum atomic E-state index is -0.487. The first-order valence-corrected chi connectivity index (χ1v) is 11.5. The lowest BCUT2D eigenvalue weighted by molar-refractivity contribution is -0.129. The number of nitrogens with zero attached hydrogens (tertiary/aromatic N) is 1. The largest absolute Gasteiger partial charge is 0.490 e. The zero-order valence-corrected chi connectivity index (χ0v) is 20.3. The number of aryl methyl sites for hydroxylation is 2. The topological polar surface area (TPSA) is 57.1 Å². The summed E-state index contributed by atoms with van der Waals surface area (Å²) in [4.78, 5) is 16.8. The van der Waals surface area contributed by atoms with E-state index in [9.17, 15) is 4.79 Å². The van der Waals surface area contributed by atoms with Crippen LogP contribution in [-0.2, 0) is 16.1 Å². The van der Waals surface area contributed by atoms with Crippen LogP contribution in [-0.4, -0.2) is 18.5 Å². The quantitative estimate of drug-likeness (QED) is 0.275. The molecule has 1 aliphatic rings. The molecule has 0 aliphatic carbocycles. The Morgan fingerprint density at radius 1 is 1.00 bits per heavy atom. The van der Waals surface area contributed by atoms with Gasteiger partial charge in [0.25, 0.3) is 0 Å². The summed E-state index contributed by atoms with van der Waals surface area (Å²) < 4.78 is 18.0. The smallest absolute Gasteiger partial charge is 0.363 e. The van der Waals surface area contributed by atoms with Crippen molar-refractivity contribution < 1.29 is 19.0 Å². The maximum absolute atomic E-state index is 12.4. The summed E-state index contributed by atoms with van der Waals surface area (Å²) in [5.41, 5.74) is 5.10. The Morgan fingerprint density at radius 2 is 1.79 bits per heavy atom. The van der Waals surface area contributed by atoms with Gasteiger partial charge in [0, 0.05) is 5.56 Å². The molecule has 1 heterocycles. The van der Waals surface area contributed by atoms with Crippen molar-refractivity contribution in [3.05, 3.63) is 98.7 Å². The van der Waals surface area contributed by atoms with Gasteiger partial charge in [-0.25, -0.2) is 9.79 Å². The molecule has 0 fully saturated rings. The molecular formula is C27H24BrNO4. The van der Waals surface area contributed by atoms with Crippen molar-refractivity contribution in [1.82, 2.24) is 0 Å². The molecule has 0 saturated heterocycles. The van der Waals surface area contributed by atoms with E-state index in [4.69, 9.17) is 14.2 Å². The van der Waals surface area contributed by atoms with E-state index in [1.165, 1.54) is 5.56 Å². The fraction of sp³-hybridized carbons (Fsp3) is 0.185. The van der Waals surface area contributed by atoms with Gasteiger partial charge in [-0.2, -0.15) is 0 Å². The Hall–Kier alpha value is -3.38. The molecule has 33 heavy (non-hydrogen) atoms. The molecule has 0 N–H and O–H groups in total. The Bertz CT molecular complexity index is 1250. The van der Waals surface area contributed by atoms with Crippen LogP contribution in [0.1, 0.15) is 34.7 Å². The van der Waals surface area contributed by atoms with Crippen molar-refractivity contribution in [3.8, 4) is 11.5 Å². The van der Waals surface area contributed by atoms with Crippen molar-refractivity contribution in [1.29, 1.82) is 0 Å². The maximum atomic E-state index is 12.4. The van der Waals surface area contributed by atoms with Crippen LogP contribution in [0, 0.1) is 13.8 Å². The number of esters is 1. The first-order chi connectivity index (χ1) is 15.9. The monoisotopic (exact) mass is 505 g/mol. The van der Waals surface area contributed by atoms with Gasteiger partial charge in [0.2, 0.25) is 5.90 Å². The van der Waals surface area contributed by atoms with Gasteiger partial charge in [-0.15, -0.1) is 0 Å². The molecule has 0 bridgehead atoms. The van der Waals surface area contributed by atoms with Crippen molar-refractivity contribution in [2.24, 2.45) is 4.99 Å². The van der Waals surface area contributed by atoms with Crippen molar-refractivity contribution in [2.75, 3.05) is 6.61 Å². The second-order valence-corrected chi connectivity index (χ2v) is 8.60. The van der Waals surface area contributed by atoms with Gasteiger partial charge in [-0.1, -0.05) is 47.5 Å². The third kappa shape index (κ3) is 5.52. The molecule has 1 aliphatic heterocycles. The highest BCUT2D eigenvalue weighted by atomic mass is 79.9. The molecule has 0 aromatic heterocycles. The second kappa shape index (κ2) is 10.0. The van der Waals surface area contributed by atoms with E-state index in [2.05, 4.69) is 27.0 Å². The Labute approximate surface area is 201 Å². The van der Waals surface area contributed by atoms with Gasteiger partial charge in [-0.3, -0.25) is 0 Å². The fourth-order valence-corrected chi connectivity index (χ4v) is 3.99. The molecule has 0 saturated carbocycles. The summed E-state index contributed by atoms with van der Waals surface area (Å²) in [6.45, 7) is 6.85. The molecule has 0 spiro atoms. The van der Waals surface area contributed by atoms with E-state index in [1.807, 2.05) is 75.4 Å². The molecular weight excluding hydrogens is 482 g/mol. The lowest BCUT2D eigenvalue weighted by Crippen LogP contribution is -2.05. The lowest BCUT2D eigenvalue weighted by Gasteiger charge is -2.15. The van der Waals surface area contributed by atoms with E-state index in [0.29, 0.717) is 30.6 Å². The first kappa shape index (κ1) is 22.8. The third-order valence-electron chi connectivity index (χ3n) is 5.02. The van der Waals surface area contributed by atoms with Gasteiger partial charge in [0.1, 0.15) is 6.61 Å². The van der Waals surface area contributed by atoms with E-state index in [1.54, 1.807) is 6.08 Å². The van der Waals surface area contributed by atoms with Gasteiger partial charge >= 0.3 is 5.97 Å². The highest BCUT2D eigenvalue weighted by molar-refractivity contribution is 9.10. The van der Waals surface area contributed by atoms with Crippen LogP contribution in [0.3, 0.4) is 0 Å². The molecule has 3 aromatic rings. The number of hydrogen-bond acceptors (Lipinski definition) is 5. The van der Waals surface area contributed by atoms with Crippen molar-refractivity contribution in [2.45, 2.75) is 27.4 Å². The van der Waals surface area contributed by atoms with E-state index >= 15 is 0 Å². The average molecular weight is 506 g/mol. The summed E-state index contributed by atoms with van der Waals surface area (Å²) in [6.07, 6.45) is 1.68. The summed E-state index contributed by atoms with van der Waals surface area (Å²) >= 11 is 3.59. The first-order valence-electron chi connectivity index (χ1n) is 10.7. The number of cyclic esters (lactones) is 1. The van der Waals surface area contributed by atoms with E-state index < -0.39 is 5.97 Å².